The number of hydrogen-bond donors (Lipinski definition) is 0. The lowest BCUT2D eigenvalue weighted by molar-refractivity contribution is -0.131. The van der Waals surface area contributed by atoms with Gasteiger partial charge in [0, 0.05) is 21.9 Å². The van der Waals surface area contributed by atoms with Crippen LogP contribution < -0.4 is 4.74 Å². The first-order valence-corrected chi connectivity index (χ1v) is 9.48. The molecule has 0 saturated heterocycles. The quantitative estimate of drug-likeness (QED) is 0.298. The minimum atomic E-state index is -0.294. The summed E-state index contributed by atoms with van der Waals surface area (Å²) in [6.07, 6.45) is 0. The van der Waals surface area contributed by atoms with Gasteiger partial charge in [-0.2, -0.15) is 0 Å². The van der Waals surface area contributed by atoms with Gasteiger partial charge in [-0.05, 0) is 72.0 Å². The number of rotatable bonds is 2. The maximum atomic E-state index is 11.3. The van der Waals surface area contributed by atoms with E-state index in [0.29, 0.717) is 5.75 Å². The van der Waals surface area contributed by atoms with Crippen LogP contribution >= 0.6 is 11.3 Å². The molecule has 1 heterocycles. The molecule has 0 atom stereocenters. The first-order valence-electron chi connectivity index (χ1n) is 8.66. The van der Waals surface area contributed by atoms with Gasteiger partial charge in [0.15, 0.2) is 0 Å². The summed E-state index contributed by atoms with van der Waals surface area (Å²) >= 11 is 1.85. The minimum absolute atomic E-state index is 0.294. The van der Waals surface area contributed by atoms with Crippen LogP contribution in [-0.2, 0) is 4.79 Å². The van der Waals surface area contributed by atoms with Gasteiger partial charge in [0.25, 0.3) is 0 Å². The predicted molar refractivity (Wildman–Crippen MR) is 110 cm³/mol. The fourth-order valence-electron chi connectivity index (χ4n) is 3.57. The highest BCUT2D eigenvalue weighted by atomic mass is 32.1. The number of thiophene rings is 1. The molecule has 4 aromatic rings. The van der Waals surface area contributed by atoms with Crippen LogP contribution in [0.15, 0.2) is 48.5 Å². The van der Waals surface area contributed by atoms with E-state index >= 15 is 0 Å². The predicted octanol–water partition coefficient (Wildman–Crippen LogP) is 6.57. The molecule has 0 radical (unpaired) electrons. The number of aryl methyl sites for hydroxylation is 3. The van der Waals surface area contributed by atoms with E-state index in [1.54, 1.807) is 0 Å². The molecule has 0 amide bonds. The lowest BCUT2D eigenvalue weighted by atomic mass is 9.92. The van der Waals surface area contributed by atoms with Crippen molar-refractivity contribution in [2.24, 2.45) is 0 Å². The molecule has 130 valence electrons. The second kappa shape index (κ2) is 6.26. The minimum Gasteiger partial charge on any atom is -0.426 e. The van der Waals surface area contributed by atoms with Crippen molar-refractivity contribution in [2.45, 2.75) is 27.7 Å². The van der Waals surface area contributed by atoms with Crippen LogP contribution in [0, 0.1) is 20.8 Å². The molecule has 2 nitrogen and oxygen atoms in total. The average Bonchev–Trinajstić information content (AvgIpc) is 2.88. The van der Waals surface area contributed by atoms with E-state index in [4.69, 9.17) is 4.74 Å². The Labute approximate surface area is 157 Å². The summed E-state index contributed by atoms with van der Waals surface area (Å²) in [4.78, 5) is 12.6. The molecule has 0 aliphatic carbocycles. The standard InChI is InChI=1S/C23H20O2S/c1-13-11-18(9-10-20(13)25-16(4)24)23-19-8-6-5-7-17(19)12-21-22(23)14(2)15(3)26-21/h5-12H,1-4H3. The van der Waals surface area contributed by atoms with Crippen LogP contribution in [0.1, 0.15) is 22.9 Å². The van der Waals surface area contributed by atoms with Crippen LogP contribution in [0.3, 0.4) is 0 Å². The highest BCUT2D eigenvalue weighted by molar-refractivity contribution is 7.19. The number of carbonyl (C=O) groups excluding carboxylic acids is 1. The second-order valence-electron chi connectivity index (χ2n) is 6.70. The highest BCUT2D eigenvalue weighted by Crippen LogP contribution is 2.43. The van der Waals surface area contributed by atoms with Gasteiger partial charge in [-0.15, -0.1) is 11.3 Å². The van der Waals surface area contributed by atoms with E-state index < -0.39 is 0 Å². The molecule has 0 unspecified atom stereocenters. The number of ether oxygens (including phenoxy) is 1. The van der Waals surface area contributed by atoms with Crippen LogP contribution in [0.4, 0.5) is 0 Å². The van der Waals surface area contributed by atoms with Crippen LogP contribution in [-0.4, -0.2) is 5.97 Å². The Balaban J connectivity index is 2.06. The Bertz CT molecular complexity index is 1170. The summed E-state index contributed by atoms with van der Waals surface area (Å²) in [5, 5.41) is 3.82. The molecule has 0 bridgehead atoms. The molecule has 0 fully saturated rings. The summed E-state index contributed by atoms with van der Waals surface area (Å²) in [5.74, 6) is 0.327. The van der Waals surface area contributed by atoms with Crippen molar-refractivity contribution in [1.82, 2.24) is 0 Å². The monoisotopic (exact) mass is 360 g/mol. The first-order chi connectivity index (χ1) is 12.5. The van der Waals surface area contributed by atoms with Gasteiger partial charge < -0.3 is 4.74 Å². The van der Waals surface area contributed by atoms with Gasteiger partial charge >= 0.3 is 5.97 Å². The summed E-state index contributed by atoms with van der Waals surface area (Å²) in [5.41, 5.74) is 4.72. The van der Waals surface area contributed by atoms with Crippen molar-refractivity contribution >= 4 is 38.2 Å². The zero-order valence-corrected chi connectivity index (χ0v) is 16.2. The topological polar surface area (TPSA) is 26.3 Å². The summed E-state index contributed by atoms with van der Waals surface area (Å²) in [7, 11) is 0. The first kappa shape index (κ1) is 16.8. The normalized spacial score (nSPS) is 11.2. The Morgan fingerprint density at radius 1 is 1.00 bits per heavy atom. The molecule has 3 heteroatoms. The molecular weight excluding hydrogens is 340 g/mol. The van der Waals surface area contributed by atoms with Crippen molar-refractivity contribution in [3.8, 4) is 16.9 Å². The third-order valence-electron chi connectivity index (χ3n) is 4.90. The zero-order valence-electron chi connectivity index (χ0n) is 15.3. The maximum absolute atomic E-state index is 11.3. The summed E-state index contributed by atoms with van der Waals surface area (Å²) in [6, 6.07) is 16.9. The van der Waals surface area contributed by atoms with E-state index in [1.165, 1.54) is 43.8 Å². The van der Waals surface area contributed by atoms with Crippen LogP contribution in [0.2, 0.25) is 0 Å². The van der Waals surface area contributed by atoms with Crippen LogP contribution in [0.25, 0.3) is 32.0 Å². The molecule has 0 spiro atoms. The fourth-order valence-corrected chi connectivity index (χ4v) is 4.69. The van der Waals surface area contributed by atoms with Gasteiger partial charge in [0.1, 0.15) is 5.75 Å². The van der Waals surface area contributed by atoms with Crippen molar-refractivity contribution < 1.29 is 9.53 Å². The maximum Gasteiger partial charge on any atom is 0.308 e. The number of hydrogen-bond acceptors (Lipinski definition) is 3. The van der Waals surface area contributed by atoms with Gasteiger partial charge in [-0.25, -0.2) is 0 Å². The van der Waals surface area contributed by atoms with Crippen molar-refractivity contribution in [1.29, 1.82) is 0 Å². The van der Waals surface area contributed by atoms with Gasteiger partial charge in [0.05, 0.1) is 0 Å². The molecule has 0 aliphatic heterocycles. The van der Waals surface area contributed by atoms with E-state index in [1.807, 2.05) is 24.3 Å². The Morgan fingerprint density at radius 3 is 2.50 bits per heavy atom. The third kappa shape index (κ3) is 2.69. The largest absolute Gasteiger partial charge is 0.426 e. The Morgan fingerprint density at radius 2 is 1.77 bits per heavy atom. The SMILES string of the molecule is CC(=O)Oc1ccc(-c2c3ccccc3cc3sc(C)c(C)c23)cc1C. The number of esters is 1. The zero-order chi connectivity index (χ0) is 18.4. The van der Waals surface area contributed by atoms with Crippen molar-refractivity contribution in [2.75, 3.05) is 0 Å². The molecule has 3 aromatic carbocycles. The molecular formula is C23H20O2S. The van der Waals surface area contributed by atoms with E-state index in [-0.39, 0.29) is 5.97 Å². The summed E-state index contributed by atoms with van der Waals surface area (Å²) in [6.45, 7) is 7.80. The molecule has 0 N–H and O–H groups in total. The Kier molecular flexibility index (Phi) is 4.04. The number of benzene rings is 3. The number of fused-ring (bicyclic) bond motifs is 2. The van der Waals surface area contributed by atoms with Crippen molar-refractivity contribution in [3.63, 3.8) is 0 Å². The lowest BCUT2D eigenvalue weighted by Crippen LogP contribution is -2.02. The van der Waals surface area contributed by atoms with E-state index in [9.17, 15) is 4.79 Å². The Hall–Kier alpha value is -2.65. The van der Waals surface area contributed by atoms with Gasteiger partial charge in [-0.3, -0.25) is 4.79 Å². The molecule has 26 heavy (non-hydrogen) atoms. The highest BCUT2D eigenvalue weighted by Gasteiger charge is 2.16. The second-order valence-corrected chi connectivity index (χ2v) is 7.96. The number of carbonyl (C=O) groups is 1. The van der Waals surface area contributed by atoms with Gasteiger partial charge in [0.2, 0.25) is 0 Å². The fraction of sp³-hybridized carbons (Fsp3) is 0.174. The van der Waals surface area contributed by atoms with Gasteiger partial charge in [-0.1, -0.05) is 30.3 Å². The molecule has 4 rings (SSSR count). The lowest BCUT2D eigenvalue weighted by Gasteiger charge is -2.13. The molecule has 0 saturated carbocycles. The molecule has 0 aliphatic rings. The van der Waals surface area contributed by atoms with E-state index in [2.05, 4.69) is 56.3 Å². The summed E-state index contributed by atoms with van der Waals surface area (Å²) < 4.78 is 6.62. The van der Waals surface area contributed by atoms with E-state index in [0.717, 1.165) is 11.1 Å². The third-order valence-corrected chi connectivity index (χ3v) is 6.05. The van der Waals surface area contributed by atoms with Crippen LogP contribution in [0.5, 0.6) is 5.75 Å². The smallest absolute Gasteiger partial charge is 0.308 e. The molecule has 1 aromatic heterocycles. The average molecular weight is 360 g/mol. The van der Waals surface area contributed by atoms with Crippen molar-refractivity contribution in [3.05, 3.63) is 64.5 Å².